The minimum atomic E-state index is -0.0373. The molecule has 0 spiro atoms. The Morgan fingerprint density at radius 1 is 1.00 bits per heavy atom. The Morgan fingerprint density at radius 3 is 2.38 bits per heavy atom. The van der Waals surface area contributed by atoms with Gasteiger partial charge in [0.1, 0.15) is 11.5 Å². The standard InChI is InChI=1S/C25H25N3O3S/c1-4-27-24(29)23(32-25(27)26-18-8-12-22(13-9-18)31-5-2)17-20-7-6-16-28(20)19-10-14-21(30-3)15-11-19/h6-17H,4-5H2,1-3H3/b23-17-,26-25?. The van der Waals surface area contributed by atoms with Gasteiger partial charge in [-0.25, -0.2) is 4.99 Å². The number of hydrogen-bond acceptors (Lipinski definition) is 5. The summed E-state index contributed by atoms with van der Waals surface area (Å²) in [6, 6.07) is 19.3. The van der Waals surface area contributed by atoms with Crippen molar-refractivity contribution in [2.75, 3.05) is 20.3 Å². The molecule has 2 heterocycles. The van der Waals surface area contributed by atoms with Gasteiger partial charge in [0.15, 0.2) is 5.17 Å². The number of methoxy groups -OCH3 is 1. The van der Waals surface area contributed by atoms with Crippen molar-refractivity contribution in [3.63, 3.8) is 0 Å². The van der Waals surface area contributed by atoms with Crippen molar-refractivity contribution in [3.05, 3.63) is 77.5 Å². The predicted molar refractivity (Wildman–Crippen MR) is 130 cm³/mol. The van der Waals surface area contributed by atoms with Crippen LogP contribution in [0.4, 0.5) is 5.69 Å². The monoisotopic (exact) mass is 447 g/mol. The third-order valence-electron chi connectivity index (χ3n) is 4.99. The van der Waals surface area contributed by atoms with Gasteiger partial charge in [0.2, 0.25) is 0 Å². The van der Waals surface area contributed by atoms with Gasteiger partial charge in [-0.3, -0.25) is 9.69 Å². The molecule has 3 aromatic rings. The molecule has 0 N–H and O–H groups in total. The molecule has 164 valence electrons. The van der Waals surface area contributed by atoms with Crippen molar-refractivity contribution >= 4 is 34.6 Å². The lowest BCUT2D eigenvalue weighted by Gasteiger charge is -2.12. The Hall–Kier alpha value is -3.45. The number of aromatic nitrogens is 1. The average molecular weight is 448 g/mol. The molecule has 6 nitrogen and oxygen atoms in total. The normalized spacial score (nSPS) is 16.2. The maximum absolute atomic E-state index is 13.0. The minimum absolute atomic E-state index is 0.0373. The number of thioether (sulfide) groups is 1. The Labute approximate surface area is 192 Å². The summed E-state index contributed by atoms with van der Waals surface area (Å²) in [5.74, 6) is 1.57. The maximum atomic E-state index is 13.0. The van der Waals surface area contributed by atoms with Crippen LogP contribution in [0.2, 0.25) is 0 Å². The zero-order chi connectivity index (χ0) is 22.5. The Bertz CT molecular complexity index is 1150. The molecule has 0 aliphatic carbocycles. The first-order chi connectivity index (χ1) is 15.6. The Balaban J connectivity index is 1.61. The van der Waals surface area contributed by atoms with Crippen LogP contribution in [0, 0.1) is 0 Å². The number of aliphatic imine (C=N–C) groups is 1. The molecule has 32 heavy (non-hydrogen) atoms. The molecule has 0 bridgehead atoms. The van der Waals surface area contributed by atoms with E-state index in [1.165, 1.54) is 11.8 Å². The van der Waals surface area contributed by atoms with Crippen molar-refractivity contribution in [1.82, 2.24) is 9.47 Å². The molecule has 7 heteroatoms. The van der Waals surface area contributed by atoms with E-state index in [1.807, 2.05) is 91.4 Å². The molecule has 0 atom stereocenters. The van der Waals surface area contributed by atoms with E-state index >= 15 is 0 Å². The van der Waals surface area contributed by atoms with Crippen LogP contribution < -0.4 is 9.47 Å². The number of amides is 1. The minimum Gasteiger partial charge on any atom is -0.497 e. The highest BCUT2D eigenvalue weighted by Gasteiger charge is 2.32. The first kappa shape index (κ1) is 21.8. The molecular formula is C25H25N3O3S. The fourth-order valence-electron chi connectivity index (χ4n) is 3.39. The third-order valence-corrected chi connectivity index (χ3v) is 5.99. The van der Waals surface area contributed by atoms with Gasteiger partial charge in [-0.05, 0) is 92.3 Å². The average Bonchev–Trinajstić information content (AvgIpc) is 3.39. The molecule has 0 saturated carbocycles. The summed E-state index contributed by atoms with van der Waals surface area (Å²) in [6.07, 6.45) is 3.89. The van der Waals surface area contributed by atoms with Gasteiger partial charge in [-0.1, -0.05) is 0 Å². The van der Waals surface area contributed by atoms with Crippen molar-refractivity contribution in [2.24, 2.45) is 4.99 Å². The van der Waals surface area contributed by atoms with Crippen LogP contribution in [0.25, 0.3) is 11.8 Å². The van der Waals surface area contributed by atoms with Gasteiger partial charge in [-0.15, -0.1) is 0 Å². The van der Waals surface area contributed by atoms with Gasteiger partial charge in [0.25, 0.3) is 5.91 Å². The van der Waals surface area contributed by atoms with Gasteiger partial charge >= 0.3 is 0 Å². The molecule has 0 unspecified atom stereocenters. The quantitative estimate of drug-likeness (QED) is 0.448. The lowest BCUT2D eigenvalue weighted by Crippen LogP contribution is -2.28. The number of ether oxygens (including phenoxy) is 2. The van der Waals surface area contributed by atoms with Gasteiger partial charge < -0.3 is 14.0 Å². The van der Waals surface area contributed by atoms with E-state index in [1.54, 1.807) is 12.0 Å². The fourth-order valence-corrected chi connectivity index (χ4v) is 4.44. The maximum Gasteiger partial charge on any atom is 0.266 e. The van der Waals surface area contributed by atoms with E-state index in [0.29, 0.717) is 23.2 Å². The van der Waals surface area contributed by atoms with Gasteiger partial charge in [-0.2, -0.15) is 0 Å². The van der Waals surface area contributed by atoms with E-state index < -0.39 is 0 Å². The first-order valence-corrected chi connectivity index (χ1v) is 11.3. The number of hydrogen-bond donors (Lipinski definition) is 0. The second-order valence-electron chi connectivity index (χ2n) is 6.98. The topological polar surface area (TPSA) is 56.1 Å². The largest absolute Gasteiger partial charge is 0.497 e. The van der Waals surface area contributed by atoms with Crippen LogP contribution in [-0.2, 0) is 4.79 Å². The summed E-state index contributed by atoms with van der Waals surface area (Å²) in [5, 5.41) is 0.676. The third kappa shape index (κ3) is 4.57. The zero-order valence-corrected chi connectivity index (χ0v) is 19.1. The zero-order valence-electron chi connectivity index (χ0n) is 18.3. The number of rotatable bonds is 7. The van der Waals surface area contributed by atoms with E-state index in [4.69, 9.17) is 14.5 Å². The lowest BCUT2D eigenvalue weighted by atomic mass is 10.3. The highest BCUT2D eigenvalue weighted by atomic mass is 32.2. The van der Waals surface area contributed by atoms with Crippen molar-refractivity contribution in [1.29, 1.82) is 0 Å². The fraction of sp³-hybridized carbons (Fsp3) is 0.200. The summed E-state index contributed by atoms with van der Waals surface area (Å²) >= 11 is 1.39. The van der Waals surface area contributed by atoms with Gasteiger partial charge in [0, 0.05) is 24.1 Å². The summed E-state index contributed by atoms with van der Waals surface area (Å²) in [5.41, 5.74) is 2.70. The molecule has 2 aromatic carbocycles. The molecule has 1 aliphatic heterocycles. The highest BCUT2D eigenvalue weighted by Crippen LogP contribution is 2.34. The number of nitrogens with zero attached hydrogens (tertiary/aromatic N) is 3. The molecule has 1 aromatic heterocycles. The van der Waals surface area contributed by atoms with Crippen LogP contribution in [0.3, 0.4) is 0 Å². The molecule has 1 fully saturated rings. The number of likely N-dealkylation sites (N-methyl/N-ethyl adjacent to an activating group) is 1. The summed E-state index contributed by atoms with van der Waals surface area (Å²) in [4.78, 5) is 20.1. The SMILES string of the molecule is CCOc1ccc(N=C2S/C(=C\c3cccn3-c3ccc(OC)cc3)C(=O)N2CC)cc1. The summed E-state index contributed by atoms with van der Waals surface area (Å²) < 4.78 is 12.8. The molecule has 1 amide bonds. The number of benzene rings is 2. The molecular weight excluding hydrogens is 422 g/mol. The Morgan fingerprint density at radius 2 is 1.72 bits per heavy atom. The lowest BCUT2D eigenvalue weighted by molar-refractivity contribution is -0.122. The Kier molecular flexibility index (Phi) is 6.66. The van der Waals surface area contributed by atoms with Crippen molar-refractivity contribution < 1.29 is 14.3 Å². The van der Waals surface area contributed by atoms with Crippen LogP contribution in [0.1, 0.15) is 19.5 Å². The molecule has 4 rings (SSSR count). The smallest absolute Gasteiger partial charge is 0.266 e. The van der Waals surface area contributed by atoms with E-state index in [-0.39, 0.29) is 5.91 Å². The number of amidine groups is 1. The van der Waals surface area contributed by atoms with Crippen LogP contribution >= 0.6 is 11.8 Å². The van der Waals surface area contributed by atoms with E-state index in [9.17, 15) is 4.79 Å². The summed E-state index contributed by atoms with van der Waals surface area (Å²) in [7, 11) is 1.65. The van der Waals surface area contributed by atoms with Gasteiger partial charge in [0.05, 0.1) is 24.3 Å². The molecule has 1 saturated heterocycles. The van der Waals surface area contributed by atoms with E-state index in [0.717, 1.165) is 28.6 Å². The second kappa shape index (κ2) is 9.78. The number of carbonyl (C=O) groups excluding carboxylic acids is 1. The highest BCUT2D eigenvalue weighted by molar-refractivity contribution is 8.18. The van der Waals surface area contributed by atoms with Crippen molar-refractivity contribution in [2.45, 2.75) is 13.8 Å². The molecule has 0 radical (unpaired) electrons. The summed E-state index contributed by atoms with van der Waals surface area (Å²) in [6.45, 7) is 5.08. The van der Waals surface area contributed by atoms with E-state index in [2.05, 4.69) is 0 Å². The van der Waals surface area contributed by atoms with Crippen LogP contribution in [-0.4, -0.2) is 40.8 Å². The van der Waals surface area contributed by atoms with Crippen LogP contribution in [0.15, 0.2) is 76.8 Å². The first-order valence-electron chi connectivity index (χ1n) is 10.5. The van der Waals surface area contributed by atoms with Crippen LogP contribution in [0.5, 0.6) is 11.5 Å². The second-order valence-corrected chi connectivity index (χ2v) is 7.99. The molecule has 1 aliphatic rings. The van der Waals surface area contributed by atoms with Crippen molar-refractivity contribution in [3.8, 4) is 17.2 Å². The number of carbonyl (C=O) groups is 1. The predicted octanol–water partition coefficient (Wildman–Crippen LogP) is 5.51.